The van der Waals surface area contributed by atoms with Gasteiger partial charge in [0.15, 0.2) is 0 Å². The van der Waals surface area contributed by atoms with Gasteiger partial charge >= 0.3 is 0 Å². The molecule has 0 saturated carbocycles. The highest BCUT2D eigenvalue weighted by Crippen LogP contribution is 2.27. The van der Waals surface area contributed by atoms with Crippen LogP contribution in [-0.2, 0) is 23.1 Å². The van der Waals surface area contributed by atoms with Gasteiger partial charge in [-0.1, -0.05) is 18.2 Å². The van der Waals surface area contributed by atoms with E-state index in [1.165, 1.54) is 10.6 Å². The van der Waals surface area contributed by atoms with Crippen molar-refractivity contribution in [2.24, 2.45) is 0 Å². The van der Waals surface area contributed by atoms with Gasteiger partial charge in [-0.3, -0.25) is 9.21 Å². The first-order valence-corrected chi connectivity index (χ1v) is 9.11. The van der Waals surface area contributed by atoms with Crippen LogP contribution in [0.5, 0.6) is 0 Å². The normalized spacial score (nSPS) is 16.4. The first-order valence-electron chi connectivity index (χ1n) is 7.27. The minimum atomic E-state index is -3.27. The monoisotopic (exact) mass is 320 g/mol. The highest BCUT2D eigenvalue weighted by molar-refractivity contribution is 7.92. The number of hydrogen-bond donors (Lipinski definition) is 0. The molecule has 0 aliphatic carbocycles. The number of rotatable bonds is 3. The second kappa shape index (κ2) is 5.78. The Morgan fingerprint density at radius 2 is 1.91 bits per heavy atom. The van der Waals surface area contributed by atoms with E-state index in [2.05, 4.69) is 4.90 Å². The minimum absolute atomic E-state index is 0.454. The average Bonchev–Trinajstić information content (AvgIpc) is 2.75. The van der Waals surface area contributed by atoms with Crippen molar-refractivity contribution in [3.8, 4) is 0 Å². The molecule has 0 fully saturated rings. The first-order chi connectivity index (χ1) is 10.4. The minimum Gasteiger partial charge on any atom is -0.465 e. The van der Waals surface area contributed by atoms with Crippen molar-refractivity contribution in [1.82, 2.24) is 4.90 Å². The van der Waals surface area contributed by atoms with Crippen molar-refractivity contribution in [3.63, 3.8) is 0 Å². The molecular weight excluding hydrogens is 300 g/mol. The van der Waals surface area contributed by atoms with Gasteiger partial charge in [0.25, 0.3) is 0 Å². The summed E-state index contributed by atoms with van der Waals surface area (Å²) in [5.74, 6) is 1.80. The lowest BCUT2D eigenvalue weighted by molar-refractivity contribution is 0.245. The van der Waals surface area contributed by atoms with Crippen LogP contribution in [0.2, 0.25) is 0 Å². The van der Waals surface area contributed by atoms with Crippen LogP contribution in [-0.4, -0.2) is 32.7 Å². The average molecular weight is 320 g/mol. The summed E-state index contributed by atoms with van der Waals surface area (Å²) in [4.78, 5) is 2.21. The van der Waals surface area contributed by atoms with Crippen molar-refractivity contribution < 1.29 is 12.8 Å². The van der Waals surface area contributed by atoms with Gasteiger partial charge in [-0.15, -0.1) is 0 Å². The van der Waals surface area contributed by atoms with E-state index in [0.717, 1.165) is 22.8 Å². The Hall–Kier alpha value is -1.79. The molecule has 1 aromatic carbocycles. The topological polar surface area (TPSA) is 53.8 Å². The molecule has 3 rings (SSSR count). The van der Waals surface area contributed by atoms with Crippen molar-refractivity contribution in [2.45, 2.75) is 20.0 Å². The molecule has 0 spiro atoms. The van der Waals surface area contributed by atoms with Crippen molar-refractivity contribution in [3.05, 3.63) is 53.5 Å². The van der Waals surface area contributed by atoms with Crippen LogP contribution in [0.15, 0.2) is 40.8 Å². The third-order valence-electron chi connectivity index (χ3n) is 3.85. The molecule has 0 radical (unpaired) electrons. The molecule has 22 heavy (non-hydrogen) atoms. The number of sulfonamides is 1. The van der Waals surface area contributed by atoms with E-state index in [-0.39, 0.29) is 0 Å². The molecule has 0 atom stereocenters. The Kier molecular flexibility index (Phi) is 3.97. The smallest absolute Gasteiger partial charge is 0.232 e. The number of furan rings is 1. The van der Waals surface area contributed by atoms with Crippen LogP contribution in [0.3, 0.4) is 0 Å². The van der Waals surface area contributed by atoms with Crippen molar-refractivity contribution in [2.75, 3.05) is 23.7 Å². The Balaban J connectivity index is 1.88. The van der Waals surface area contributed by atoms with Gasteiger partial charge in [0, 0.05) is 19.6 Å². The Morgan fingerprint density at radius 1 is 1.14 bits per heavy atom. The second-order valence-corrected chi connectivity index (χ2v) is 7.59. The maximum atomic E-state index is 12.1. The molecule has 2 heterocycles. The zero-order chi connectivity index (χ0) is 15.7. The van der Waals surface area contributed by atoms with E-state index >= 15 is 0 Å². The van der Waals surface area contributed by atoms with Gasteiger partial charge in [-0.2, -0.15) is 0 Å². The fraction of sp³-hybridized carbons (Fsp3) is 0.375. The van der Waals surface area contributed by atoms with Gasteiger partial charge in [-0.05, 0) is 30.7 Å². The number of aryl methyl sites for hydroxylation is 1. The highest BCUT2D eigenvalue weighted by atomic mass is 32.2. The lowest BCUT2D eigenvalue weighted by Crippen LogP contribution is -2.35. The Bertz CT molecular complexity index is 767. The molecule has 118 valence electrons. The number of nitrogens with zero attached hydrogens (tertiary/aromatic N) is 2. The van der Waals surface area contributed by atoms with Crippen LogP contribution in [0.1, 0.15) is 17.1 Å². The van der Waals surface area contributed by atoms with Crippen molar-refractivity contribution >= 4 is 15.7 Å². The lowest BCUT2D eigenvalue weighted by Gasteiger charge is -2.22. The van der Waals surface area contributed by atoms with Gasteiger partial charge < -0.3 is 4.42 Å². The molecule has 1 aliphatic heterocycles. The van der Waals surface area contributed by atoms with Crippen LogP contribution in [0, 0.1) is 6.92 Å². The number of anilines is 1. The third kappa shape index (κ3) is 3.18. The summed E-state index contributed by atoms with van der Waals surface area (Å²) >= 11 is 0. The van der Waals surface area contributed by atoms with Gasteiger partial charge in [0.05, 0.1) is 18.5 Å². The molecule has 1 aromatic heterocycles. The largest absolute Gasteiger partial charge is 0.465 e. The molecule has 0 N–H and O–H groups in total. The standard InChI is InChI=1S/C16H20N2O3S/c1-13-7-8-15(21-13)12-17-9-10-18(22(2,19)20)16-6-4-3-5-14(16)11-17/h3-8H,9-12H2,1-2H3. The lowest BCUT2D eigenvalue weighted by atomic mass is 10.1. The van der Waals surface area contributed by atoms with E-state index in [1.807, 2.05) is 43.3 Å². The Morgan fingerprint density at radius 3 is 2.59 bits per heavy atom. The summed E-state index contributed by atoms with van der Waals surface area (Å²) < 4.78 is 31.2. The molecule has 2 aromatic rings. The Labute approximate surface area is 131 Å². The zero-order valence-corrected chi connectivity index (χ0v) is 13.6. The van der Waals surface area contributed by atoms with E-state index in [0.29, 0.717) is 26.2 Å². The van der Waals surface area contributed by atoms with Crippen LogP contribution in [0.25, 0.3) is 0 Å². The molecule has 1 aliphatic rings. The summed E-state index contributed by atoms with van der Waals surface area (Å²) in [7, 11) is -3.27. The number of hydrogen-bond acceptors (Lipinski definition) is 4. The predicted molar refractivity (Wildman–Crippen MR) is 86.2 cm³/mol. The molecule has 6 heteroatoms. The van der Waals surface area contributed by atoms with Crippen LogP contribution < -0.4 is 4.31 Å². The summed E-state index contributed by atoms with van der Waals surface area (Å²) in [5.41, 5.74) is 1.80. The maximum absolute atomic E-state index is 12.1. The van der Waals surface area contributed by atoms with E-state index in [9.17, 15) is 8.42 Å². The van der Waals surface area contributed by atoms with E-state index in [1.54, 1.807) is 0 Å². The van der Waals surface area contributed by atoms with Crippen LogP contribution in [0.4, 0.5) is 5.69 Å². The summed E-state index contributed by atoms with van der Waals surface area (Å²) in [6.45, 7) is 4.44. The zero-order valence-electron chi connectivity index (χ0n) is 12.8. The first kappa shape index (κ1) is 15.1. The van der Waals surface area contributed by atoms with E-state index < -0.39 is 10.0 Å². The van der Waals surface area contributed by atoms with Gasteiger partial charge in [0.1, 0.15) is 11.5 Å². The fourth-order valence-corrected chi connectivity index (χ4v) is 3.78. The van der Waals surface area contributed by atoms with Gasteiger partial charge in [0.2, 0.25) is 10.0 Å². The SMILES string of the molecule is Cc1ccc(CN2CCN(S(C)(=O)=O)c3ccccc3C2)o1. The molecule has 0 unspecified atom stereocenters. The quantitative estimate of drug-likeness (QED) is 0.871. The molecule has 5 nitrogen and oxygen atoms in total. The highest BCUT2D eigenvalue weighted by Gasteiger charge is 2.25. The molecular formula is C16H20N2O3S. The summed E-state index contributed by atoms with van der Waals surface area (Å²) in [5, 5.41) is 0. The summed E-state index contributed by atoms with van der Waals surface area (Å²) in [6.07, 6.45) is 1.26. The predicted octanol–water partition coefficient (Wildman–Crippen LogP) is 2.37. The molecule has 0 amide bonds. The number of benzene rings is 1. The van der Waals surface area contributed by atoms with Crippen molar-refractivity contribution in [1.29, 1.82) is 0 Å². The summed E-state index contributed by atoms with van der Waals surface area (Å²) in [6, 6.07) is 11.6. The number of fused-ring (bicyclic) bond motifs is 1. The maximum Gasteiger partial charge on any atom is 0.232 e. The van der Waals surface area contributed by atoms with E-state index in [4.69, 9.17) is 4.42 Å². The van der Waals surface area contributed by atoms with Gasteiger partial charge in [-0.25, -0.2) is 8.42 Å². The molecule has 0 saturated heterocycles. The van der Waals surface area contributed by atoms with Crippen LogP contribution >= 0.6 is 0 Å². The molecule has 0 bridgehead atoms. The number of para-hydroxylation sites is 1. The third-order valence-corrected chi connectivity index (χ3v) is 5.03. The second-order valence-electron chi connectivity index (χ2n) is 5.69. The fourth-order valence-electron chi connectivity index (χ4n) is 2.83.